The lowest BCUT2D eigenvalue weighted by molar-refractivity contribution is 0.176. The Labute approximate surface area is 77.7 Å². The quantitative estimate of drug-likeness (QED) is 0.722. The Kier molecular flexibility index (Phi) is 2.09. The first-order valence-corrected chi connectivity index (χ1v) is 4.63. The second-order valence-electron chi connectivity index (χ2n) is 3.52. The fourth-order valence-electron chi connectivity index (χ4n) is 1.77. The standard InChI is InChI=1S/C9H15N3O/c1-2-12-7-11-5-8(12)9(10)3-4-13-6-9/h5,7H,2-4,6,10H2,1H3. The molecule has 4 heteroatoms. The van der Waals surface area contributed by atoms with Gasteiger partial charge in [-0.3, -0.25) is 0 Å². The van der Waals surface area contributed by atoms with Crippen LogP contribution >= 0.6 is 0 Å². The molecule has 2 N–H and O–H groups in total. The van der Waals surface area contributed by atoms with Crippen molar-refractivity contribution in [2.24, 2.45) is 5.73 Å². The highest BCUT2D eigenvalue weighted by Gasteiger charge is 2.34. The van der Waals surface area contributed by atoms with Crippen molar-refractivity contribution < 1.29 is 4.74 Å². The summed E-state index contributed by atoms with van der Waals surface area (Å²) in [5.41, 5.74) is 6.99. The van der Waals surface area contributed by atoms with Gasteiger partial charge in [0.25, 0.3) is 0 Å². The zero-order chi connectivity index (χ0) is 9.31. The van der Waals surface area contributed by atoms with Gasteiger partial charge in [0.15, 0.2) is 0 Å². The molecule has 1 aliphatic rings. The predicted octanol–water partition coefficient (Wildman–Crippen LogP) is 0.477. The molecule has 1 aromatic rings. The molecule has 0 aliphatic carbocycles. The molecule has 1 aliphatic heterocycles. The molecule has 2 rings (SSSR count). The maximum atomic E-state index is 6.22. The molecule has 2 heterocycles. The molecule has 1 fully saturated rings. The molecule has 1 saturated heterocycles. The molecule has 0 amide bonds. The smallest absolute Gasteiger partial charge is 0.0948 e. The highest BCUT2D eigenvalue weighted by atomic mass is 16.5. The number of nitrogens with zero attached hydrogens (tertiary/aromatic N) is 2. The fourth-order valence-corrected chi connectivity index (χ4v) is 1.77. The van der Waals surface area contributed by atoms with Gasteiger partial charge >= 0.3 is 0 Å². The first kappa shape index (κ1) is 8.72. The number of imidazole rings is 1. The molecule has 0 saturated carbocycles. The normalized spacial score (nSPS) is 28.2. The minimum Gasteiger partial charge on any atom is -0.379 e. The van der Waals surface area contributed by atoms with Crippen molar-refractivity contribution in [3.63, 3.8) is 0 Å². The molecular weight excluding hydrogens is 166 g/mol. The summed E-state index contributed by atoms with van der Waals surface area (Å²) in [4.78, 5) is 4.11. The van der Waals surface area contributed by atoms with E-state index in [1.807, 2.05) is 12.5 Å². The Hall–Kier alpha value is -0.870. The summed E-state index contributed by atoms with van der Waals surface area (Å²) in [6, 6.07) is 0. The predicted molar refractivity (Wildman–Crippen MR) is 49.2 cm³/mol. The Morgan fingerprint density at radius 2 is 2.62 bits per heavy atom. The van der Waals surface area contributed by atoms with E-state index in [-0.39, 0.29) is 5.54 Å². The molecule has 0 bridgehead atoms. The van der Waals surface area contributed by atoms with Crippen molar-refractivity contribution in [1.29, 1.82) is 0 Å². The third kappa shape index (κ3) is 1.36. The van der Waals surface area contributed by atoms with Gasteiger partial charge in [-0.15, -0.1) is 0 Å². The van der Waals surface area contributed by atoms with E-state index in [1.54, 1.807) is 0 Å². The zero-order valence-corrected chi connectivity index (χ0v) is 7.86. The second kappa shape index (κ2) is 3.12. The molecule has 1 atom stereocenters. The minimum atomic E-state index is -0.313. The average Bonchev–Trinajstić information content (AvgIpc) is 2.72. The Bertz CT molecular complexity index is 289. The van der Waals surface area contributed by atoms with Gasteiger partial charge in [-0.25, -0.2) is 4.98 Å². The van der Waals surface area contributed by atoms with E-state index < -0.39 is 0 Å². The number of aryl methyl sites for hydroxylation is 1. The number of hydrogen-bond acceptors (Lipinski definition) is 3. The molecule has 1 aromatic heterocycles. The average molecular weight is 181 g/mol. The van der Waals surface area contributed by atoms with E-state index in [2.05, 4.69) is 16.5 Å². The van der Waals surface area contributed by atoms with Crippen LogP contribution in [0.25, 0.3) is 0 Å². The van der Waals surface area contributed by atoms with Crippen LogP contribution in [-0.2, 0) is 16.8 Å². The van der Waals surface area contributed by atoms with E-state index >= 15 is 0 Å². The van der Waals surface area contributed by atoms with Crippen LogP contribution in [0.1, 0.15) is 19.0 Å². The van der Waals surface area contributed by atoms with E-state index in [4.69, 9.17) is 10.5 Å². The number of rotatable bonds is 2. The fraction of sp³-hybridized carbons (Fsp3) is 0.667. The van der Waals surface area contributed by atoms with Gasteiger partial charge in [-0.05, 0) is 13.3 Å². The highest BCUT2D eigenvalue weighted by molar-refractivity contribution is 5.14. The maximum absolute atomic E-state index is 6.22. The van der Waals surface area contributed by atoms with Gasteiger partial charge in [-0.2, -0.15) is 0 Å². The van der Waals surface area contributed by atoms with Gasteiger partial charge in [-0.1, -0.05) is 0 Å². The minimum absolute atomic E-state index is 0.313. The molecule has 1 unspecified atom stereocenters. The Balaban J connectivity index is 2.32. The van der Waals surface area contributed by atoms with E-state index in [1.165, 1.54) is 0 Å². The van der Waals surface area contributed by atoms with E-state index in [0.29, 0.717) is 6.61 Å². The Morgan fingerprint density at radius 1 is 1.77 bits per heavy atom. The lowest BCUT2D eigenvalue weighted by Crippen LogP contribution is -2.39. The van der Waals surface area contributed by atoms with Crippen molar-refractivity contribution in [1.82, 2.24) is 9.55 Å². The highest BCUT2D eigenvalue weighted by Crippen LogP contribution is 2.27. The monoisotopic (exact) mass is 181 g/mol. The number of hydrogen-bond donors (Lipinski definition) is 1. The van der Waals surface area contributed by atoms with Crippen molar-refractivity contribution >= 4 is 0 Å². The number of aromatic nitrogens is 2. The van der Waals surface area contributed by atoms with E-state index in [0.717, 1.165) is 25.3 Å². The summed E-state index contributed by atoms with van der Waals surface area (Å²) in [5, 5.41) is 0. The maximum Gasteiger partial charge on any atom is 0.0948 e. The summed E-state index contributed by atoms with van der Waals surface area (Å²) in [7, 11) is 0. The second-order valence-corrected chi connectivity index (χ2v) is 3.52. The summed E-state index contributed by atoms with van der Waals surface area (Å²) in [6.07, 6.45) is 4.55. The zero-order valence-electron chi connectivity index (χ0n) is 7.86. The lowest BCUT2D eigenvalue weighted by atomic mass is 9.96. The first-order chi connectivity index (χ1) is 6.26. The molecule has 72 valence electrons. The van der Waals surface area contributed by atoms with Gasteiger partial charge in [0.05, 0.1) is 30.4 Å². The summed E-state index contributed by atoms with van der Waals surface area (Å²) in [5.74, 6) is 0. The molecular formula is C9H15N3O. The van der Waals surface area contributed by atoms with Gasteiger partial charge in [0, 0.05) is 13.2 Å². The first-order valence-electron chi connectivity index (χ1n) is 4.63. The largest absolute Gasteiger partial charge is 0.379 e. The number of ether oxygens (including phenoxy) is 1. The van der Waals surface area contributed by atoms with Crippen LogP contribution in [0, 0.1) is 0 Å². The van der Waals surface area contributed by atoms with Crippen LogP contribution in [0.3, 0.4) is 0 Å². The SMILES string of the molecule is CCn1cncc1C1(N)CCOC1. The van der Waals surface area contributed by atoms with Crippen LogP contribution < -0.4 is 5.73 Å². The van der Waals surface area contributed by atoms with Gasteiger partial charge < -0.3 is 15.0 Å². The molecule has 13 heavy (non-hydrogen) atoms. The summed E-state index contributed by atoms with van der Waals surface area (Å²) in [6.45, 7) is 4.36. The third-order valence-corrected chi connectivity index (χ3v) is 2.62. The van der Waals surface area contributed by atoms with Crippen LogP contribution in [0.15, 0.2) is 12.5 Å². The molecule has 0 aromatic carbocycles. The van der Waals surface area contributed by atoms with Crippen molar-refractivity contribution in [3.05, 3.63) is 18.2 Å². The van der Waals surface area contributed by atoms with Crippen LogP contribution in [0.5, 0.6) is 0 Å². The van der Waals surface area contributed by atoms with Crippen LogP contribution in [-0.4, -0.2) is 22.8 Å². The van der Waals surface area contributed by atoms with Gasteiger partial charge in [0.1, 0.15) is 0 Å². The van der Waals surface area contributed by atoms with Crippen molar-refractivity contribution in [3.8, 4) is 0 Å². The van der Waals surface area contributed by atoms with E-state index in [9.17, 15) is 0 Å². The number of nitrogens with two attached hydrogens (primary N) is 1. The summed E-state index contributed by atoms with van der Waals surface area (Å²) < 4.78 is 7.40. The van der Waals surface area contributed by atoms with Crippen LogP contribution in [0.4, 0.5) is 0 Å². The summed E-state index contributed by atoms with van der Waals surface area (Å²) >= 11 is 0. The van der Waals surface area contributed by atoms with Crippen LogP contribution in [0.2, 0.25) is 0 Å². The van der Waals surface area contributed by atoms with Crippen molar-refractivity contribution in [2.45, 2.75) is 25.4 Å². The molecule has 0 spiro atoms. The third-order valence-electron chi connectivity index (χ3n) is 2.62. The van der Waals surface area contributed by atoms with Crippen molar-refractivity contribution in [2.75, 3.05) is 13.2 Å². The molecule has 4 nitrogen and oxygen atoms in total. The molecule has 0 radical (unpaired) electrons. The lowest BCUT2D eigenvalue weighted by Gasteiger charge is -2.22. The topological polar surface area (TPSA) is 53.1 Å². The van der Waals surface area contributed by atoms with Gasteiger partial charge in [0.2, 0.25) is 0 Å². The Morgan fingerprint density at radius 3 is 3.23 bits per heavy atom.